The van der Waals surface area contributed by atoms with Crippen LogP contribution >= 0.6 is 15.9 Å². The van der Waals surface area contributed by atoms with Crippen molar-refractivity contribution in [2.45, 2.75) is 6.18 Å². The molecule has 1 aromatic heterocycles. The Labute approximate surface area is 178 Å². The maximum Gasteiger partial charge on any atom is 0.416 e. The van der Waals surface area contributed by atoms with E-state index in [0.29, 0.717) is 10.9 Å². The van der Waals surface area contributed by atoms with Crippen LogP contribution in [0.4, 0.5) is 13.2 Å². The van der Waals surface area contributed by atoms with Gasteiger partial charge in [0, 0.05) is 4.47 Å². The number of alkyl halides is 3. The largest absolute Gasteiger partial charge is 0.416 e. The van der Waals surface area contributed by atoms with Crippen LogP contribution in [0, 0.1) is 0 Å². The van der Waals surface area contributed by atoms with Gasteiger partial charge < -0.3 is 0 Å². The highest BCUT2D eigenvalue weighted by Gasteiger charge is 2.30. The van der Waals surface area contributed by atoms with Gasteiger partial charge in [0.25, 0.3) is 5.56 Å². The fraction of sp³-hybridized carbons (Fsp3) is 0.0435. The molecule has 0 aliphatic rings. The molecule has 30 heavy (non-hydrogen) atoms. The normalized spacial score (nSPS) is 12.0. The molecule has 4 rings (SSSR count). The fourth-order valence-electron chi connectivity index (χ4n) is 3.11. The summed E-state index contributed by atoms with van der Waals surface area (Å²) in [5, 5.41) is 0.327. The molecule has 0 amide bonds. The van der Waals surface area contributed by atoms with Crippen LogP contribution in [0.5, 0.6) is 0 Å². The molecule has 0 aliphatic carbocycles. The first-order valence-corrected chi connectivity index (χ1v) is 9.76. The number of rotatable bonds is 3. The molecule has 0 saturated heterocycles. The predicted molar refractivity (Wildman–Crippen MR) is 115 cm³/mol. The first kappa shape index (κ1) is 20.1. The summed E-state index contributed by atoms with van der Waals surface area (Å²) in [6.45, 7) is 0. The maximum absolute atomic E-state index is 13.2. The third-order valence-corrected chi connectivity index (χ3v) is 5.27. The second-order valence-electron chi connectivity index (χ2n) is 6.53. The van der Waals surface area contributed by atoms with E-state index in [1.54, 1.807) is 36.4 Å². The van der Waals surface area contributed by atoms with Crippen molar-refractivity contribution in [3.05, 3.63) is 105 Å². The van der Waals surface area contributed by atoms with E-state index < -0.39 is 17.3 Å². The van der Waals surface area contributed by atoms with Gasteiger partial charge in [-0.2, -0.15) is 13.2 Å². The lowest BCUT2D eigenvalue weighted by atomic mass is 10.1. The molecule has 7 heteroatoms. The van der Waals surface area contributed by atoms with Crippen molar-refractivity contribution < 1.29 is 13.2 Å². The molecule has 0 N–H and O–H groups in total. The monoisotopic (exact) mass is 470 g/mol. The molecule has 0 aliphatic heterocycles. The van der Waals surface area contributed by atoms with Crippen molar-refractivity contribution in [1.82, 2.24) is 9.55 Å². The van der Waals surface area contributed by atoms with E-state index in [1.807, 2.05) is 24.3 Å². The summed E-state index contributed by atoms with van der Waals surface area (Å²) in [4.78, 5) is 17.7. The Kier molecular flexibility index (Phi) is 5.30. The smallest absolute Gasteiger partial charge is 0.268 e. The van der Waals surface area contributed by atoms with Gasteiger partial charge in [-0.1, -0.05) is 58.4 Å². The zero-order valence-electron chi connectivity index (χ0n) is 15.4. The molecule has 0 radical (unpaired) electrons. The number of aromatic nitrogens is 2. The Hall–Kier alpha value is -3.19. The summed E-state index contributed by atoms with van der Waals surface area (Å²) in [6, 6.07) is 18.9. The van der Waals surface area contributed by atoms with E-state index in [9.17, 15) is 18.0 Å². The molecule has 150 valence electrons. The van der Waals surface area contributed by atoms with Gasteiger partial charge in [-0.25, -0.2) is 4.98 Å². The lowest BCUT2D eigenvalue weighted by molar-refractivity contribution is -0.137. The summed E-state index contributed by atoms with van der Waals surface area (Å²) in [6.07, 6.45) is -1.15. The van der Waals surface area contributed by atoms with Crippen LogP contribution in [0.1, 0.15) is 17.0 Å². The summed E-state index contributed by atoms with van der Waals surface area (Å²) in [5.74, 6) is 0.230. The minimum atomic E-state index is -4.52. The van der Waals surface area contributed by atoms with Crippen LogP contribution in [0.3, 0.4) is 0 Å². The number of halogens is 4. The van der Waals surface area contributed by atoms with Gasteiger partial charge in [-0.05, 0) is 48.0 Å². The lowest BCUT2D eigenvalue weighted by Crippen LogP contribution is -2.22. The van der Waals surface area contributed by atoms with E-state index in [4.69, 9.17) is 0 Å². The first-order valence-electron chi connectivity index (χ1n) is 8.96. The lowest BCUT2D eigenvalue weighted by Gasteiger charge is -2.14. The van der Waals surface area contributed by atoms with Crippen LogP contribution in [-0.4, -0.2) is 9.55 Å². The Balaban J connectivity index is 1.96. The van der Waals surface area contributed by atoms with Crippen LogP contribution in [0.15, 0.2) is 82.1 Å². The van der Waals surface area contributed by atoms with E-state index in [2.05, 4.69) is 20.9 Å². The minimum Gasteiger partial charge on any atom is -0.268 e. The predicted octanol–water partition coefficient (Wildman–Crippen LogP) is 6.34. The third kappa shape index (κ3) is 3.93. The van der Waals surface area contributed by atoms with Crippen molar-refractivity contribution in [3.8, 4) is 5.69 Å². The van der Waals surface area contributed by atoms with Crippen molar-refractivity contribution in [2.75, 3.05) is 0 Å². The fourth-order valence-corrected chi connectivity index (χ4v) is 3.52. The molecule has 0 unspecified atom stereocenters. The van der Waals surface area contributed by atoms with Gasteiger partial charge in [-0.15, -0.1) is 0 Å². The molecular weight excluding hydrogens is 457 g/mol. The number of hydrogen-bond donors (Lipinski definition) is 0. The molecule has 0 saturated carbocycles. The maximum atomic E-state index is 13.2. The van der Waals surface area contributed by atoms with Gasteiger partial charge in [0.15, 0.2) is 0 Å². The Bertz CT molecular complexity index is 1330. The molecule has 1 heterocycles. The minimum absolute atomic E-state index is 0.0971. The quantitative estimate of drug-likeness (QED) is 0.350. The summed E-state index contributed by atoms with van der Waals surface area (Å²) < 4.78 is 41.7. The summed E-state index contributed by atoms with van der Waals surface area (Å²) >= 11 is 3.45. The van der Waals surface area contributed by atoms with Crippen LogP contribution in [0.2, 0.25) is 0 Å². The molecule has 0 atom stereocenters. The zero-order valence-corrected chi connectivity index (χ0v) is 17.0. The van der Waals surface area contributed by atoms with E-state index in [-0.39, 0.29) is 11.5 Å². The molecule has 3 nitrogen and oxygen atoms in total. The summed E-state index contributed by atoms with van der Waals surface area (Å²) in [7, 11) is 0. The zero-order chi connectivity index (χ0) is 21.3. The van der Waals surface area contributed by atoms with Crippen LogP contribution in [0.25, 0.3) is 28.7 Å². The van der Waals surface area contributed by atoms with Gasteiger partial charge in [0.05, 0.1) is 22.2 Å². The topological polar surface area (TPSA) is 34.9 Å². The van der Waals surface area contributed by atoms with E-state index in [0.717, 1.165) is 22.2 Å². The van der Waals surface area contributed by atoms with Crippen molar-refractivity contribution in [3.63, 3.8) is 0 Å². The number of para-hydroxylation sites is 1. The number of benzene rings is 3. The molecular formula is C23H14BrF3N2O. The Morgan fingerprint density at radius 2 is 1.63 bits per heavy atom. The van der Waals surface area contributed by atoms with Crippen LogP contribution in [-0.2, 0) is 6.18 Å². The number of hydrogen-bond acceptors (Lipinski definition) is 2. The highest BCUT2D eigenvalue weighted by atomic mass is 79.9. The highest BCUT2D eigenvalue weighted by molar-refractivity contribution is 9.10. The average molecular weight is 471 g/mol. The number of fused-ring (bicyclic) bond motifs is 1. The molecule has 0 spiro atoms. The standard InChI is InChI=1S/C23H14BrF3N2O/c24-19-10-3-1-6-15(19)12-13-21-28-20-11-4-2-9-18(20)22(30)29(21)17-8-5-7-16(14-17)23(25,26)27/h1-14H/b13-12+. The van der Waals surface area contributed by atoms with Gasteiger partial charge >= 0.3 is 6.18 Å². The number of nitrogens with zero attached hydrogens (tertiary/aromatic N) is 2. The van der Waals surface area contributed by atoms with Crippen molar-refractivity contribution in [1.29, 1.82) is 0 Å². The first-order chi connectivity index (χ1) is 14.3. The van der Waals surface area contributed by atoms with Gasteiger partial charge in [0.1, 0.15) is 5.82 Å². The SMILES string of the molecule is O=c1c2ccccc2nc(/C=C/c2ccccc2Br)n1-c1cccc(C(F)(F)F)c1. The molecule has 3 aromatic carbocycles. The third-order valence-electron chi connectivity index (χ3n) is 4.55. The van der Waals surface area contributed by atoms with Crippen LogP contribution < -0.4 is 5.56 Å². The molecule has 0 fully saturated rings. The summed E-state index contributed by atoms with van der Waals surface area (Å²) in [5.41, 5.74) is 0.139. The second kappa shape index (κ2) is 7.91. The van der Waals surface area contributed by atoms with Gasteiger partial charge in [0.2, 0.25) is 0 Å². The molecule has 0 bridgehead atoms. The Morgan fingerprint density at radius 3 is 2.40 bits per heavy atom. The Morgan fingerprint density at radius 1 is 0.900 bits per heavy atom. The van der Waals surface area contributed by atoms with E-state index >= 15 is 0 Å². The second-order valence-corrected chi connectivity index (χ2v) is 7.38. The molecule has 4 aromatic rings. The van der Waals surface area contributed by atoms with Crippen molar-refractivity contribution >= 4 is 39.0 Å². The van der Waals surface area contributed by atoms with Gasteiger partial charge in [-0.3, -0.25) is 9.36 Å². The van der Waals surface area contributed by atoms with Crippen molar-refractivity contribution in [2.24, 2.45) is 0 Å². The highest BCUT2D eigenvalue weighted by Crippen LogP contribution is 2.30. The average Bonchev–Trinajstić information content (AvgIpc) is 2.73. The van der Waals surface area contributed by atoms with E-state index in [1.165, 1.54) is 16.7 Å².